The lowest BCUT2D eigenvalue weighted by Crippen LogP contribution is -1.85. The van der Waals surface area contributed by atoms with Gasteiger partial charge in [-0.15, -0.1) is 11.3 Å². The molecule has 0 fully saturated rings. The van der Waals surface area contributed by atoms with E-state index in [1.165, 1.54) is 6.07 Å². The number of imidazole rings is 1. The molecule has 146 valence electrons. The summed E-state index contributed by atoms with van der Waals surface area (Å²) in [5.41, 5.74) is 5.46. The molecule has 0 aromatic carbocycles. The summed E-state index contributed by atoms with van der Waals surface area (Å²) in [7, 11) is 1.87. The molecule has 0 bridgehead atoms. The third-order valence-corrected chi connectivity index (χ3v) is 5.81. The number of aromatic nitrogens is 8. The summed E-state index contributed by atoms with van der Waals surface area (Å²) < 4.78 is 15.3. The Morgan fingerprint density at radius 2 is 2.03 bits per heavy atom. The van der Waals surface area contributed by atoms with Crippen LogP contribution < -0.4 is 0 Å². The van der Waals surface area contributed by atoms with Gasteiger partial charge >= 0.3 is 0 Å². The molecule has 0 saturated carbocycles. The lowest BCUT2D eigenvalue weighted by Gasteiger charge is -1.98. The number of thiophene rings is 1. The first-order valence-electron chi connectivity index (χ1n) is 9.08. The maximum absolute atomic E-state index is 13.5. The lowest BCUT2D eigenvalue weighted by atomic mass is 10.1. The van der Waals surface area contributed by atoms with E-state index in [1.54, 1.807) is 35.5 Å². The third-order valence-electron chi connectivity index (χ3n) is 4.91. The second-order valence-electron chi connectivity index (χ2n) is 6.86. The number of rotatable bonds is 3. The molecule has 0 spiro atoms. The number of nitrogens with one attached hydrogen (secondary N) is 2. The molecule has 0 radical (unpaired) electrons. The molecular weight excluding hydrogens is 403 g/mol. The molecule has 6 aromatic rings. The number of hydrogen-bond acceptors (Lipinski definition) is 6. The fourth-order valence-electron chi connectivity index (χ4n) is 3.49. The first-order valence-corrected chi connectivity index (χ1v) is 9.90. The topological polar surface area (TPSA) is 101 Å². The minimum Gasteiger partial charge on any atom is -0.335 e. The van der Waals surface area contributed by atoms with Crippen molar-refractivity contribution in [2.75, 3.05) is 0 Å². The van der Waals surface area contributed by atoms with Gasteiger partial charge in [0, 0.05) is 40.8 Å². The van der Waals surface area contributed by atoms with Crippen LogP contribution >= 0.6 is 11.3 Å². The van der Waals surface area contributed by atoms with Crippen LogP contribution in [0, 0.1) is 5.13 Å². The Morgan fingerprint density at radius 3 is 2.83 bits per heavy atom. The number of H-pyrrole nitrogens is 2. The van der Waals surface area contributed by atoms with Crippen LogP contribution in [0.15, 0.2) is 49.2 Å². The summed E-state index contributed by atoms with van der Waals surface area (Å²) in [5.74, 6) is 0.603. The molecule has 0 saturated heterocycles. The molecule has 6 heterocycles. The average Bonchev–Trinajstić information content (AvgIpc) is 3.52. The van der Waals surface area contributed by atoms with Crippen LogP contribution in [0.4, 0.5) is 4.39 Å². The SMILES string of the molecule is Cn1cc(-c2cc3c(-c4nc5c(-c6ccc(F)s6)cncc5[nH]4)n[nH]c3cn2)cn1. The number of halogens is 1. The number of pyridine rings is 2. The van der Waals surface area contributed by atoms with Gasteiger partial charge in [-0.3, -0.25) is 19.7 Å². The van der Waals surface area contributed by atoms with E-state index in [2.05, 4.69) is 30.2 Å². The van der Waals surface area contributed by atoms with Crippen molar-refractivity contribution in [3.05, 3.63) is 54.3 Å². The summed E-state index contributed by atoms with van der Waals surface area (Å²) in [6.45, 7) is 0. The van der Waals surface area contributed by atoms with Crippen molar-refractivity contribution >= 4 is 33.3 Å². The number of nitrogens with zero attached hydrogens (tertiary/aromatic N) is 6. The molecule has 0 unspecified atom stereocenters. The Balaban J connectivity index is 1.52. The maximum atomic E-state index is 13.5. The van der Waals surface area contributed by atoms with Crippen molar-refractivity contribution in [3.63, 3.8) is 0 Å². The second-order valence-corrected chi connectivity index (χ2v) is 7.90. The van der Waals surface area contributed by atoms with Crippen LogP contribution in [0.3, 0.4) is 0 Å². The van der Waals surface area contributed by atoms with Crippen LogP contribution in [0.2, 0.25) is 0 Å². The van der Waals surface area contributed by atoms with Crippen molar-refractivity contribution in [1.29, 1.82) is 0 Å². The Morgan fingerprint density at radius 1 is 1.10 bits per heavy atom. The Kier molecular flexibility index (Phi) is 3.56. The number of aryl methyl sites for hydroxylation is 1. The van der Waals surface area contributed by atoms with E-state index in [9.17, 15) is 4.39 Å². The predicted molar refractivity (Wildman–Crippen MR) is 112 cm³/mol. The van der Waals surface area contributed by atoms with E-state index in [0.717, 1.165) is 55.0 Å². The Hall–Kier alpha value is -3.92. The van der Waals surface area contributed by atoms with Gasteiger partial charge in [0.1, 0.15) is 11.2 Å². The summed E-state index contributed by atoms with van der Waals surface area (Å²) in [4.78, 5) is 17.6. The van der Waals surface area contributed by atoms with Gasteiger partial charge in [0.2, 0.25) is 0 Å². The molecule has 0 amide bonds. The Bertz CT molecular complexity index is 1540. The summed E-state index contributed by atoms with van der Waals surface area (Å²) in [6, 6.07) is 5.15. The number of hydrogen-bond donors (Lipinski definition) is 2. The summed E-state index contributed by atoms with van der Waals surface area (Å²) >= 11 is 1.07. The van der Waals surface area contributed by atoms with Crippen LogP contribution in [0.5, 0.6) is 0 Å². The Labute approximate surface area is 172 Å². The predicted octanol–water partition coefficient (Wildman–Crippen LogP) is 4.16. The fraction of sp³-hybridized carbons (Fsp3) is 0.0500. The van der Waals surface area contributed by atoms with Crippen LogP contribution in [-0.2, 0) is 7.05 Å². The largest absolute Gasteiger partial charge is 0.335 e. The van der Waals surface area contributed by atoms with E-state index in [0.29, 0.717) is 11.5 Å². The average molecular weight is 416 g/mol. The van der Waals surface area contributed by atoms with E-state index >= 15 is 0 Å². The van der Waals surface area contributed by atoms with Crippen molar-refractivity contribution in [3.8, 4) is 33.2 Å². The molecule has 10 heteroatoms. The summed E-state index contributed by atoms with van der Waals surface area (Å²) in [5, 5.41) is 12.3. The van der Waals surface area contributed by atoms with Gasteiger partial charge in [-0.05, 0) is 18.2 Å². The van der Waals surface area contributed by atoms with Crippen LogP contribution in [-0.4, -0.2) is 39.9 Å². The first kappa shape index (κ1) is 17.0. The van der Waals surface area contributed by atoms with E-state index in [1.807, 2.05) is 19.3 Å². The van der Waals surface area contributed by atoms with Crippen molar-refractivity contribution in [2.24, 2.45) is 7.05 Å². The standard InChI is InChI=1S/C20H13FN8S/c1-29-9-10(5-24-29)13-4-11-14(8-23-13)27-28-19(11)20-25-15-7-22-6-12(18(15)26-20)16-2-3-17(21)30-16/h2-9H,1H3,(H,25,26)(H,27,28). The molecule has 0 atom stereocenters. The molecule has 6 rings (SSSR count). The fourth-order valence-corrected chi connectivity index (χ4v) is 4.23. The van der Waals surface area contributed by atoms with E-state index in [4.69, 9.17) is 4.98 Å². The van der Waals surface area contributed by atoms with Crippen molar-refractivity contribution in [1.82, 2.24) is 39.9 Å². The molecule has 0 aliphatic heterocycles. The maximum Gasteiger partial charge on any atom is 0.176 e. The normalized spacial score (nSPS) is 11.7. The minimum atomic E-state index is -0.244. The highest BCUT2D eigenvalue weighted by atomic mass is 32.1. The van der Waals surface area contributed by atoms with Crippen molar-refractivity contribution < 1.29 is 4.39 Å². The molecule has 2 N–H and O–H groups in total. The quantitative estimate of drug-likeness (QED) is 0.451. The van der Waals surface area contributed by atoms with Gasteiger partial charge in [0.05, 0.1) is 35.3 Å². The van der Waals surface area contributed by atoms with Gasteiger partial charge in [-0.1, -0.05) is 0 Å². The molecule has 30 heavy (non-hydrogen) atoms. The van der Waals surface area contributed by atoms with Gasteiger partial charge in [-0.25, -0.2) is 4.98 Å². The zero-order chi connectivity index (χ0) is 20.2. The highest BCUT2D eigenvalue weighted by Crippen LogP contribution is 2.34. The number of fused-ring (bicyclic) bond motifs is 2. The van der Waals surface area contributed by atoms with Gasteiger partial charge < -0.3 is 4.98 Å². The van der Waals surface area contributed by atoms with Crippen LogP contribution in [0.1, 0.15) is 0 Å². The monoisotopic (exact) mass is 416 g/mol. The molecule has 6 aromatic heterocycles. The van der Waals surface area contributed by atoms with E-state index < -0.39 is 0 Å². The minimum absolute atomic E-state index is 0.244. The van der Waals surface area contributed by atoms with Crippen molar-refractivity contribution in [2.45, 2.75) is 0 Å². The van der Waals surface area contributed by atoms with E-state index in [-0.39, 0.29) is 5.13 Å². The van der Waals surface area contributed by atoms with Gasteiger partial charge in [-0.2, -0.15) is 14.6 Å². The second kappa shape index (κ2) is 6.29. The van der Waals surface area contributed by atoms with Crippen LogP contribution in [0.25, 0.3) is 55.2 Å². The molecule has 0 aliphatic rings. The molecule has 0 aliphatic carbocycles. The smallest absolute Gasteiger partial charge is 0.176 e. The molecule has 8 nitrogen and oxygen atoms in total. The highest BCUT2D eigenvalue weighted by Gasteiger charge is 2.17. The lowest BCUT2D eigenvalue weighted by molar-refractivity contribution is 0.657. The zero-order valence-electron chi connectivity index (χ0n) is 15.6. The number of aromatic amines is 2. The first-order chi connectivity index (χ1) is 14.7. The zero-order valence-corrected chi connectivity index (χ0v) is 16.4. The molecular formula is C20H13FN8S. The van der Waals surface area contributed by atoms with Gasteiger partial charge in [0.25, 0.3) is 0 Å². The van der Waals surface area contributed by atoms with Gasteiger partial charge in [0.15, 0.2) is 11.0 Å². The highest BCUT2D eigenvalue weighted by molar-refractivity contribution is 7.14. The third kappa shape index (κ3) is 2.61. The summed E-state index contributed by atoms with van der Waals surface area (Å²) in [6.07, 6.45) is 8.83.